The van der Waals surface area contributed by atoms with Crippen LogP contribution in [0.5, 0.6) is 0 Å². The molecule has 19 heavy (non-hydrogen) atoms. The molecule has 1 aromatic rings. The molecule has 2 fully saturated rings. The molecule has 2 aliphatic heterocycles. The van der Waals surface area contributed by atoms with Crippen LogP contribution in [0.1, 0.15) is 32.1 Å². The average Bonchev–Trinajstić information content (AvgIpc) is 2.69. The number of fused-ring (bicyclic) bond motifs is 2. The summed E-state index contributed by atoms with van der Waals surface area (Å²) in [4.78, 5) is 2.70. The van der Waals surface area contributed by atoms with Crippen LogP contribution in [0.2, 0.25) is 0 Å². The van der Waals surface area contributed by atoms with Crippen LogP contribution in [-0.2, 0) is 0 Å². The Labute approximate surface area is 124 Å². The minimum Gasteiger partial charge on any atom is -0.366 e. The Bertz CT molecular complexity index is 403. The highest BCUT2D eigenvalue weighted by atomic mass is 79.9. The molecule has 2 aliphatic rings. The van der Waals surface area contributed by atoms with E-state index in [1.165, 1.54) is 48.8 Å². The molecule has 0 radical (unpaired) electrons. The maximum atomic E-state index is 3.53. The largest absolute Gasteiger partial charge is 0.366 e. The van der Waals surface area contributed by atoms with E-state index in [9.17, 15) is 0 Å². The fourth-order valence-electron chi connectivity index (χ4n) is 3.91. The summed E-state index contributed by atoms with van der Waals surface area (Å²) in [5, 5.41) is 3.30. The number of piperidine rings is 1. The van der Waals surface area contributed by atoms with Gasteiger partial charge in [0.2, 0.25) is 0 Å². The third kappa shape index (κ3) is 2.82. The molecule has 2 unspecified atom stereocenters. The maximum Gasteiger partial charge on any atom is 0.0371 e. The zero-order chi connectivity index (χ0) is 13.2. The predicted octanol–water partition coefficient (Wildman–Crippen LogP) is 3.81. The normalized spacial score (nSPS) is 29.8. The second kappa shape index (κ2) is 5.84. The zero-order valence-corrected chi connectivity index (χ0v) is 13.2. The lowest BCUT2D eigenvalue weighted by atomic mass is 9.88. The fourth-order valence-corrected chi connectivity index (χ4v) is 4.17. The first-order chi connectivity index (χ1) is 9.28. The van der Waals surface area contributed by atoms with Crippen LogP contribution in [0.4, 0.5) is 5.69 Å². The van der Waals surface area contributed by atoms with Gasteiger partial charge in [0.05, 0.1) is 0 Å². The van der Waals surface area contributed by atoms with Crippen LogP contribution in [0, 0.1) is 5.92 Å². The van der Waals surface area contributed by atoms with Crippen molar-refractivity contribution < 1.29 is 0 Å². The summed E-state index contributed by atoms with van der Waals surface area (Å²) in [6.45, 7) is 1.17. The zero-order valence-electron chi connectivity index (χ0n) is 11.6. The van der Waals surface area contributed by atoms with Crippen molar-refractivity contribution in [3.63, 3.8) is 0 Å². The summed E-state index contributed by atoms with van der Waals surface area (Å²) < 4.78 is 1.17. The van der Waals surface area contributed by atoms with Gasteiger partial charge in [-0.15, -0.1) is 0 Å². The Morgan fingerprint density at radius 1 is 1.16 bits per heavy atom. The molecule has 2 nitrogen and oxygen atoms in total. The lowest BCUT2D eigenvalue weighted by Crippen LogP contribution is -2.43. The van der Waals surface area contributed by atoms with E-state index in [1.54, 1.807) is 0 Å². The molecule has 1 aromatic carbocycles. The van der Waals surface area contributed by atoms with Gasteiger partial charge in [-0.05, 0) is 75.9 Å². The summed E-state index contributed by atoms with van der Waals surface area (Å²) >= 11 is 3.53. The topological polar surface area (TPSA) is 15.3 Å². The van der Waals surface area contributed by atoms with Crippen LogP contribution in [0.15, 0.2) is 28.7 Å². The van der Waals surface area contributed by atoms with Gasteiger partial charge in [0, 0.05) is 22.2 Å². The van der Waals surface area contributed by atoms with Crippen molar-refractivity contribution >= 4 is 21.6 Å². The number of hydrogen-bond acceptors (Lipinski definition) is 2. The van der Waals surface area contributed by atoms with Gasteiger partial charge >= 0.3 is 0 Å². The van der Waals surface area contributed by atoms with Crippen molar-refractivity contribution in [1.82, 2.24) is 5.32 Å². The third-order valence-corrected chi connectivity index (χ3v) is 5.29. The van der Waals surface area contributed by atoms with E-state index in [-0.39, 0.29) is 0 Å². The Balaban J connectivity index is 1.71. The van der Waals surface area contributed by atoms with Crippen LogP contribution in [-0.4, -0.2) is 25.7 Å². The molecule has 3 heteroatoms. The summed E-state index contributed by atoms with van der Waals surface area (Å²) in [6, 6.07) is 10.4. The van der Waals surface area contributed by atoms with Crippen molar-refractivity contribution in [1.29, 1.82) is 0 Å². The van der Waals surface area contributed by atoms with Gasteiger partial charge in [-0.2, -0.15) is 0 Å². The molecule has 0 spiro atoms. The van der Waals surface area contributed by atoms with Gasteiger partial charge in [0.25, 0.3) is 0 Å². The third-order valence-electron chi connectivity index (χ3n) is 4.76. The number of anilines is 1. The van der Waals surface area contributed by atoms with Gasteiger partial charge in [-0.3, -0.25) is 0 Å². The van der Waals surface area contributed by atoms with Gasteiger partial charge in [-0.25, -0.2) is 0 Å². The summed E-state index contributed by atoms with van der Waals surface area (Å²) in [7, 11) is 2.06. The molecule has 3 rings (SSSR count). The first-order valence-electron chi connectivity index (χ1n) is 7.46. The summed E-state index contributed by atoms with van der Waals surface area (Å²) in [5.41, 5.74) is 1.42. The Hall–Kier alpha value is -0.540. The Morgan fingerprint density at radius 3 is 2.37 bits per heavy atom. The first-order valence-corrected chi connectivity index (χ1v) is 8.25. The second-order valence-electron chi connectivity index (χ2n) is 6.00. The van der Waals surface area contributed by atoms with Crippen molar-refractivity contribution in [2.45, 2.75) is 44.2 Å². The number of nitrogens with zero attached hydrogens (tertiary/aromatic N) is 1. The summed E-state index contributed by atoms with van der Waals surface area (Å²) in [6.07, 6.45) is 6.88. The average molecular weight is 323 g/mol. The number of benzene rings is 1. The highest BCUT2D eigenvalue weighted by Gasteiger charge is 2.40. The molecule has 1 N–H and O–H groups in total. The van der Waals surface area contributed by atoms with E-state index in [2.05, 4.69) is 57.5 Å². The quantitative estimate of drug-likeness (QED) is 0.906. The van der Waals surface area contributed by atoms with Gasteiger partial charge in [0.15, 0.2) is 0 Å². The van der Waals surface area contributed by atoms with E-state index in [4.69, 9.17) is 0 Å². The monoisotopic (exact) mass is 322 g/mol. The van der Waals surface area contributed by atoms with Crippen molar-refractivity contribution in [2.75, 3.05) is 18.5 Å². The van der Waals surface area contributed by atoms with Crippen molar-refractivity contribution in [2.24, 2.45) is 5.92 Å². The Kier molecular flexibility index (Phi) is 4.13. The number of rotatable bonds is 4. The van der Waals surface area contributed by atoms with Crippen LogP contribution < -0.4 is 10.2 Å². The molecule has 2 saturated heterocycles. The van der Waals surface area contributed by atoms with Crippen molar-refractivity contribution in [3.8, 4) is 0 Å². The fraction of sp³-hybridized carbons (Fsp3) is 0.625. The smallest absolute Gasteiger partial charge is 0.0371 e. The molecule has 0 amide bonds. The van der Waals surface area contributed by atoms with E-state index < -0.39 is 0 Å². The second-order valence-corrected chi connectivity index (χ2v) is 6.91. The van der Waals surface area contributed by atoms with Crippen molar-refractivity contribution in [3.05, 3.63) is 28.7 Å². The Morgan fingerprint density at radius 2 is 1.79 bits per heavy atom. The number of nitrogens with one attached hydrogen (secondary N) is 1. The predicted molar refractivity (Wildman–Crippen MR) is 84.7 cm³/mol. The minimum absolute atomic E-state index is 0.779. The standard InChI is InChI=1S/C16H23BrN2/c1-18-9-8-12-10-15-6-7-16(11-12)19(15)14-4-2-13(17)3-5-14/h2-5,12,15-16,18H,6-11H2,1H3. The molecular formula is C16H23BrN2. The highest BCUT2D eigenvalue weighted by Crippen LogP contribution is 2.42. The summed E-state index contributed by atoms with van der Waals surface area (Å²) in [5.74, 6) is 0.927. The van der Waals surface area contributed by atoms with E-state index in [0.717, 1.165) is 18.0 Å². The van der Waals surface area contributed by atoms with E-state index >= 15 is 0 Å². The molecule has 0 saturated carbocycles. The lowest BCUT2D eigenvalue weighted by Gasteiger charge is -2.40. The number of halogens is 1. The minimum atomic E-state index is 0.779. The molecule has 0 aromatic heterocycles. The maximum absolute atomic E-state index is 3.53. The van der Waals surface area contributed by atoms with Gasteiger partial charge in [-0.1, -0.05) is 15.9 Å². The highest BCUT2D eigenvalue weighted by molar-refractivity contribution is 9.10. The molecule has 2 heterocycles. The van der Waals surface area contributed by atoms with Gasteiger partial charge < -0.3 is 10.2 Å². The van der Waals surface area contributed by atoms with Crippen LogP contribution in [0.25, 0.3) is 0 Å². The molecular weight excluding hydrogens is 300 g/mol. The molecule has 2 bridgehead atoms. The lowest BCUT2D eigenvalue weighted by molar-refractivity contribution is 0.321. The molecule has 2 atom stereocenters. The van der Waals surface area contributed by atoms with E-state index in [1.807, 2.05) is 0 Å². The molecule has 0 aliphatic carbocycles. The van der Waals surface area contributed by atoms with Crippen LogP contribution in [0.3, 0.4) is 0 Å². The van der Waals surface area contributed by atoms with Crippen LogP contribution >= 0.6 is 15.9 Å². The first kappa shape index (κ1) is 13.4. The van der Waals surface area contributed by atoms with Gasteiger partial charge in [0.1, 0.15) is 0 Å². The molecule has 104 valence electrons. The number of hydrogen-bond donors (Lipinski definition) is 1. The SMILES string of the molecule is CNCCC1CC2CCC(C1)N2c1ccc(Br)cc1. The van der Waals surface area contributed by atoms with E-state index in [0.29, 0.717) is 0 Å².